The van der Waals surface area contributed by atoms with Crippen molar-refractivity contribution in [2.24, 2.45) is 0 Å². The van der Waals surface area contributed by atoms with Gasteiger partial charge in [0.15, 0.2) is 0 Å². The second-order valence-corrected chi connectivity index (χ2v) is 2.73. The molecule has 1 atom stereocenters. The summed E-state index contributed by atoms with van der Waals surface area (Å²) >= 11 is 0. The van der Waals surface area contributed by atoms with Gasteiger partial charge in [-0.15, -0.1) is 0 Å². The molecule has 0 amide bonds. The number of carbonyl (C=O) groups is 2. The number of carbonyl (C=O) groups excluding carboxylic acids is 2. The molecule has 0 saturated heterocycles. The third kappa shape index (κ3) is 22.5. The van der Waals surface area contributed by atoms with Gasteiger partial charge in [-0.25, -0.2) is 0 Å². The molecule has 0 spiro atoms. The van der Waals surface area contributed by atoms with Crippen LogP contribution in [0.5, 0.6) is 0 Å². The summed E-state index contributed by atoms with van der Waals surface area (Å²) in [6.07, 6.45) is 3.00. The number of aliphatic hydroxyl groups is 2. The van der Waals surface area contributed by atoms with E-state index in [0.29, 0.717) is 25.8 Å². The van der Waals surface area contributed by atoms with Gasteiger partial charge in [0.1, 0.15) is 12.6 Å². The van der Waals surface area contributed by atoms with E-state index in [9.17, 15) is 9.59 Å². The highest BCUT2D eigenvalue weighted by Gasteiger charge is 1.89. The molecular weight excluding hydrogens is 186 g/mol. The molecule has 3 N–H and O–H groups in total. The van der Waals surface area contributed by atoms with E-state index < -0.39 is 0 Å². The highest BCUT2D eigenvalue weighted by molar-refractivity contribution is 5.52. The molecule has 5 heteroatoms. The summed E-state index contributed by atoms with van der Waals surface area (Å²) in [6.45, 7) is 2.05. The molecule has 0 bridgehead atoms. The van der Waals surface area contributed by atoms with Crippen molar-refractivity contribution in [3.8, 4) is 0 Å². The van der Waals surface area contributed by atoms with Crippen LogP contribution in [-0.4, -0.2) is 42.2 Å². The molecule has 0 rings (SSSR count). The lowest BCUT2D eigenvalue weighted by Gasteiger charge is -2.00. The van der Waals surface area contributed by atoms with Gasteiger partial charge in [0.05, 0.1) is 12.8 Å². The summed E-state index contributed by atoms with van der Waals surface area (Å²) in [6, 6.07) is 0. The first-order valence-corrected chi connectivity index (χ1v) is 4.56. The highest BCUT2D eigenvalue weighted by Crippen LogP contribution is 1.85. The van der Waals surface area contributed by atoms with Gasteiger partial charge in [0, 0.05) is 19.4 Å². The van der Waals surface area contributed by atoms with Gasteiger partial charge in [0.25, 0.3) is 0 Å². The summed E-state index contributed by atoms with van der Waals surface area (Å²) < 4.78 is 0. The van der Waals surface area contributed by atoms with Gasteiger partial charge in [0.2, 0.25) is 0 Å². The zero-order valence-corrected chi connectivity index (χ0v) is 8.48. The standard InChI is InChI=1S/C5H8O2.C4H11NO2/c6-4-2-1-3-5-7;1-4(7)2-5-3-6/h4-5H,1-3H2;4-7H,2-3H2,1H3. The van der Waals surface area contributed by atoms with Crippen LogP contribution in [-0.2, 0) is 9.59 Å². The van der Waals surface area contributed by atoms with Crippen molar-refractivity contribution in [3.05, 3.63) is 0 Å². The summed E-state index contributed by atoms with van der Waals surface area (Å²) in [4.78, 5) is 19.1. The van der Waals surface area contributed by atoms with Crippen LogP contribution < -0.4 is 5.32 Å². The Hall–Kier alpha value is -0.780. The van der Waals surface area contributed by atoms with Gasteiger partial charge >= 0.3 is 0 Å². The molecule has 0 fully saturated rings. The summed E-state index contributed by atoms with van der Waals surface area (Å²) in [7, 11) is 0. The Balaban J connectivity index is 0. The topological polar surface area (TPSA) is 86.6 Å². The molecule has 0 heterocycles. The van der Waals surface area contributed by atoms with Crippen LogP contribution in [0, 0.1) is 0 Å². The minimum Gasteiger partial charge on any atom is -0.392 e. The minimum atomic E-state index is -0.368. The molecular formula is C9H19NO4. The Bertz CT molecular complexity index is 120. The number of aliphatic hydroxyl groups excluding tert-OH is 2. The van der Waals surface area contributed by atoms with E-state index in [4.69, 9.17) is 10.2 Å². The van der Waals surface area contributed by atoms with Crippen LogP contribution in [0.15, 0.2) is 0 Å². The monoisotopic (exact) mass is 205 g/mol. The third-order valence-electron chi connectivity index (χ3n) is 1.20. The van der Waals surface area contributed by atoms with Gasteiger partial charge in [-0.05, 0) is 13.3 Å². The lowest BCUT2D eigenvalue weighted by atomic mass is 10.3. The molecule has 14 heavy (non-hydrogen) atoms. The van der Waals surface area contributed by atoms with Crippen LogP contribution >= 0.6 is 0 Å². The number of hydrogen-bond donors (Lipinski definition) is 3. The molecule has 0 aromatic heterocycles. The van der Waals surface area contributed by atoms with Crippen molar-refractivity contribution in [1.82, 2.24) is 5.32 Å². The van der Waals surface area contributed by atoms with Gasteiger partial charge < -0.3 is 19.8 Å². The van der Waals surface area contributed by atoms with Gasteiger partial charge in [-0.2, -0.15) is 0 Å². The second-order valence-electron chi connectivity index (χ2n) is 2.73. The molecule has 0 aromatic carbocycles. The van der Waals surface area contributed by atoms with Crippen molar-refractivity contribution in [1.29, 1.82) is 0 Å². The Labute approximate surface area is 84.1 Å². The molecule has 0 radical (unpaired) electrons. The molecule has 0 aliphatic rings. The van der Waals surface area contributed by atoms with E-state index in [2.05, 4.69) is 5.32 Å². The third-order valence-corrected chi connectivity index (χ3v) is 1.20. The maximum atomic E-state index is 9.56. The van der Waals surface area contributed by atoms with Crippen LogP contribution in [0.4, 0.5) is 0 Å². The van der Waals surface area contributed by atoms with E-state index in [-0.39, 0.29) is 12.8 Å². The maximum Gasteiger partial charge on any atom is 0.120 e. The maximum absolute atomic E-state index is 9.56. The van der Waals surface area contributed by atoms with Crippen molar-refractivity contribution in [2.45, 2.75) is 32.3 Å². The summed E-state index contributed by atoms with van der Waals surface area (Å²) in [5.74, 6) is 0. The SMILES string of the molecule is CC(O)CNCO.O=CCCCC=O. The fourth-order valence-corrected chi connectivity index (χ4v) is 0.558. The first-order valence-electron chi connectivity index (χ1n) is 4.56. The average molecular weight is 205 g/mol. The normalized spacial score (nSPS) is 11.1. The Morgan fingerprint density at radius 1 is 1.29 bits per heavy atom. The van der Waals surface area contributed by atoms with E-state index in [0.717, 1.165) is 12.6 Å². The van der Waals surface area contributed by atoms with E-state index in [1.165, 1.54) is 0 Å². The molecule has 5 nitrogen and oxygen atoms in total. The Morgan fingerprint density at radius 2 is 1.79 bits per heavy atom. The second kappa shape index (κ2) is 14.7. The van der Waals surface area contributed by atoms with Crippen LogP contribution in [0.25, 0.3) is 0 Å². The van der Waals surface area contributed by atoms with Crippen molar-refractivity contribution in [2.75, 3.05) is 13.3 Å². The van der Waals surface area contributed by atoms with E-state index >= 15 is 0 Å². The van der Waals surface area contributed by atoms with Crippen LogP contribution in [0.3, 0.4) is 0 Å². The quantitative estimate of drug-likeness (QED) is 0.295. The predicted octanol–water partition coefficient (Wildman–Crippen LogP) is -0.539. The molecule has 0 aliphatic heterocycles. The number of nitrogens with one attached hydrogen (secondary N) is 1. The summed E-state index contributed by atoms with van der Waals surface area (Å²) in [5, 5.41) is 19.2. The molecule has 0 aliphatic carbocycles. The smallest absolute Gasteiger partial charge is 0.120 e. The largest absolute Gasteiger partial charge is 0.392 e. The van der Waals surface area contributed by atoms with Crippen molar-refractivity contribution in [3.63, 3.8) is 0 Å². The van der Waals surface area contributed by atoms with E-state index in [1.807, 2.05) is 0 Å². The minimum absolute atomic E-state index is 0.0646. The molecule has 1 unspecified atom stereocenters. The Morgan fingerprint density at radius 3 is 2.00 bits per heavy atom. The lowest BCUT2D eigenvalue weighted by molar-refractivity contribution is -0.108. The van der Waals surface area contributed by atoms with Crippen molar-refractivity contribution >= 4 is 12.6 Å². The molecule has 0 aromatic rings. The zero-order chi connectivity index (χ0) is 11.2. The first-order chi connectivity index (χ1) is 6.68. The highest BCUT2D eigenvalue weighted by atomic mass is 16.3. The van der Waals surface area contributed by atoms with Crippen LogP contribution in [0.2, 0.25) is 0 Å². The number of aldehydes is 2. The molecule has 0 saturated carbocycles. The fourth-order valence-electron chi connectivity index (χ4n) is 0.558. The number of rotatable bonds is 7. The summed E-state index contributed by atoms with van der Waals surface area (Å²) in [5.41, 5.74) is 0. The Kier molecular flexibility index (Phi) is 16.5. The van der Waals surface area contributed by atoms with Crippen LogP contribution in [0.1, 0.15) is 26.2 Å². The fraction of sp³-hybridized carbons (Fsp3) is 0.778. The number of hydrogen-bond acceptors (Lipinski definition) is 5. The van der Waals surface area contributed by atoms with Gasteiger partial charge in [-0.1, -0.05) is 0 Å². The first kappa shape index (κ1) is 15.7. The van der Waals surface area contributed by atoms with E-state index in [1.54, 1.807) is 6.92 Å². The lowest BCUT2D eigenvalue weighted by Crippen LogP contribution is -2.24. The predicted molar refractivity (Wildman–Crippen MR) is 52.7 cm³/mol. The average Bonchev–Trinajstić information content (AvgIpc) is 2.16. The zero-order valence-electron chi connectivity index (χ0n) is 8.48. The molecule has 84 valence electrons. The van der Waals surface area contributed by atoms with Gasteiger partial charge in [-0.3, -0.25) is 5.32 Å². The number of unbranched alkanes of at least 4 members (excludes halogenated alkanes) is 2. The van der Waals surface area contributed by atoms with Crippen molar-refractivity contribution < 1.29 is 19.8 Å².